The van der Waals surface area contributed by atoms with Crippen molar-refractivity contribution in [1.29, 1.82) is 0 Å². The van der Waals surface area contributed by atoms with Crippen molar-refractivity contribution in [3.63, 3.8) is 0 Å². The summed E-state index contributed by atoms with van der Waals surface area (Å²) in [6.45, 7) is 0. The van der Waals surface area contributed by atoms with E-state index in [0.717, 1.165) is 0 Å². The highest BCUT2D eigenvalue weighted by molar-refractivity contribution is 5.46. The van der Waals surface area contributed by atoms with Gasteiger partial charge in [0, 0.05) is 11.8 Å². The van der Waals surface area contributed by atoms with Crippen molar-refractivity contribution in [1.82, 2.24) is 0 Å². The van der Waals surface area contributed by atoms with E-state index in [-0.39, 0.29) is 0 Å². The Morgan fingerprint density at radius 3 is 2.56 bits per heavy atom. The van der Waals surface area contributed by atoms with Crippen molar-refractivity contribution in [2.24, 2.45) is 11.8 Å². The first kappa shape index (κ1) is 9.41. The van der Waals surface area contributed by atoms with Gasteiger partial charge >= 0.3 is 0 Å². The van der Waals surface area contributed by atoms with Gasteiger partial charge in [-0.3, -0.25) is 0 Å². The van der Waals surface area contributed by atoms with Gasteiger partial charge in [-0.15, -0.1) is 0 Å². The molecule has 2 atom stereocenters. The van der Waals surface area contributed by atoms with Crippen LogP contribution in [-0.2, 0) is 0 Å². The summed E-state index contributed by atoms with van der Waals surface area (Å²) in [4.78, 5) is 0. The van der Waals surface area contributed by atoms with Gasteiger partial charge in [-0.2, -0.15) is 0 Å². The normalized spacial score (nSPS) is 36.0. The van der Waals surface area contributed by atoms with Crippen molar-refractivity contribution in [3.05, 3.63) is 84.1 Å². The molecule has 0 aliphatic heterocycles. The molecule has 2 bridgehead atoms. The quantitative estimate of drug-likeness (QED) is 0.564. The summed E-state index contributed by atoms with van der Waals surface area (Å²) in [6.07, 6.45) is 26.3. The fourth-order valence-corrected chi connectivity index (χ4v) is 2.36. The van der Waals surface area contributed by atoms with E-state index < -0.39 is 0 Å². The lowest BCUT2D eigenvalue weighted by Crippen LogP contribution is -2.15. The average Bonchev–Trinajstić information content (AvgIpc) is 2.34. The van der Waals surface area contributed by atoms with Gasteiger partial charge in [0.2, 0.25) is 0 Å². The van der Waals surface area contributed by atoms with E-state index >= 15 is 0 Å². The van der Waals surface area contributed by atoms with Crippen LogP contribution in [0, 0.1) is 11.8 Å². The average molecular weight is 206 g/mol. The molecule has 0 saturated carbocycles. The Morgan fingerprint density at radius 2 is 1.62 bits per heavy atom. The van der Waals surface area contributed by atoms with Crippen molar-refractivity contribution >= 4 is 0 Å². The van der Waals surface area contributed by atoms with Crippen LogP contribution in [0.25, 0.3) is 0 Å². The molecular formula is C16H14. The lowest BCUT2D eigenvalue weighted by molar-refractivity contribution is 0.633. The number of hydrogen-bond acceptors (Lipinski definition) is 0. The highest BCUT2D eigenvalue weighted by atomic mass is 14.3. The second-order valence-corrected chi connectivity index (χ2v) is 4.28. The van der Waals surface area contributed by atoms with Crippen molar-refractivity contribution in [3.8, 4) is 0 Å². The summed E-state index contributed by atoms with van der Waals surface area (Å²) >= 11 is 0. The van der Waals surface area contributed by atoms with Gasteiger partial charge in [0.15, 0.2) is 0 Å². The molecule has 0 aromatic carbocycles. The maximum absolute atomic E-state index is 2.36. The molecular weight excluding hydrogens is 192 g/mol. The van der Waals surface area contributed by atoms with Crippen LogP contribution >= 0.6 is 0 Å². The summed E-state index contributed by atoms with van der Waals surface area (Å²) in [6, 6.07) is 0. The van der Waals surface area contributed by atoms with Crippen LogP contribution in [-0.4, -0.2) is 0 Å². The van der Waals surface area contributed by atoms with E-state index in [4.69, 9.17) is 0 Å². The molecule has 78 valence electrons. The largest absolute Gasteiger partial charge is 0.0767 e. The number of hydrogen-bond donors (Lipinski definition) is 0. The SMILES string of the molecule is C1=CC2C=CC3=CC2C(=C1)\C=C/C=C/C=C\3. The zero-order valence-corrected chi connectivity index (χ0v) is 9.08. The Bertz CT molecular complexity index is 490. The fourth-order valence-electron chi connectivity index (χ4n) is 2.36. The van der Waals surface area contributed by atoms with Gasteiger partial charge in [0.25, 0.3) is 0 Å². The molecule has 0 heteroatoms. The highest BCUT2D eigenvalue weighted by Crippen LogP contribution is 2.34. The van der Waals surface area contributed by atoms with Crippen LogP contribution in [0.4, 0.5) is 0 Å². The van der Waals surface area contributed by atoms with Crippen LogP contribution in [0.1, 0.15) is 0 Å². The zero-order valence-electron chi connectivity index (χ0n) is 9.08. The third-order valence-corrected chi connectivity index (χ3v) is 3.22. The maximum atomic E-state index is 2.36. The first-order valence-electron chi connectivity index (χ1n) is 5.73. The Morgan fingerprint density at radius 1 is 0.750 bits per heavy atom. The smallest absolute Gasteiger partial charge is 0.0125 e. The highest BCUT2D eigenvalue weighted by Gasteiger charge is 2.22. The standard InChI is InChI=1S/C16H14/c1-2-4-7-14-8-5-9-15-11-10-13(6-3-1)12-16(14)15/h1-12,15-16H/b2-1+,6-3-,7-4-. The number of rotatable bonds is 0. The monoisotopic (exact) mass is 206 g/mol. The van der Waals surface area contributed by atoms with E-state index in [1.165, 1.54) is 11.1 Å². The Balaban J connectivity index is 2.09. The zero-order chi connectivity index (χ0) is 10.8. The molecule has 0 amide bonds. The molecule has 0 fully saturated rings. The topological polar surface area (TPSA) is 0 Å². The summed E-state index contributed by atoms with van der Waals surface area (Å²) in [5.41, 5.74) is 2.71. The molecule has 16 heavy (non-hydrogen) atoms. The van der Waals surface area contributed by atoms with Gasteiger partial charge in [-0.25, -0.2) is 0 Å². The van der Waals surface area contributed by atoms with Gasteiger partial charge in [0.1, 0.15) is 0 Å². The molecule has 2 unspecified atom stereocenters. The minimum absolute atomic E-state index is 0.511. The lowest BCUT2D eigenvalue weighted by atomic mass is 9.77. The molecule has 0 aromatic heterocycles. The molecule has 0 saturated heterocycles. The van der Waals surface area contributed by atoms with Crippen LogP contribution in [0.15, 0.2) is 84.1 Å². The van der Waals surface area contributed by atoms with Crippen molar-refractivity contribution in [2.45, 2.75) is 0 Å². The van der Waals surface area contributed by atoms with Crippen LogP contribution in [0.5, 0.6) is 0 Å². The second-order valence-electron chi connectivity index (χ2n) is 4.28. The van der Waals surface area contributed by atoms with E-state index in [1.54, 1.807) is 0 Å². The fraction of sp³-hybridized carbons (Fsp3) is 0.125. The van der Waals surface area contributed by atoms with Crippen LogP contribution in [0.3, 0.4) is 0 Å². The Labute approximate surface area is 96.4 Å². The Hall–Kier alpha value is -1.82. The first-order chi connectivity index (χ1) is 7.93. The third kappa shape index (κ3) is 1.67. The lowest BCUT2D eigenvalue weighted by Gasteiger charge is -2.27. The van der Waals surface area contributed by atoms with Crippen molar-refractivity contribution in [2.75, 3.05) is 0 Å². The number of allylic oxidation sites excluding steroid dienone is 14. The molecule has 0 aromatic rings. The first-order valence-corrected chi connectivity index (χ1v) is 5.73. The molecule has 3 aliphatic carbocycles. The summed E-state index contributed by atoms with van der Waals surface area (Å²) in [7, 11) is 0. The predicted octanol–water partition coefficient (Wildman–Crippen LogP) is 3.89. The van der Waals surface area contributed by atoms with Crippen molar-refractivity contribution < 1.29 is 0 Å². The van der Waals surface area contributed by atoms with Crippen LogP contribution < -0.4 is 0 Å². The molecule has 0 spiro atoms. The molecule has 3 rings (SSSR count). The van der Waals surface area contributed by atoms with E-state index in [1.807, 2.05) is 0 Å². The Kier molecular flexibility index (Phi) is 2.34. The molecule has 0 radical (unpaired) electrons. The van der Waals surface area contributed by atoms with Gasteiger partial charge in [0.05, 0.1) is 0 Å². The third-order valence-electron chi connectivity index (χ3n) is 3.22. The summed E-state index contributed by atoms with van der Waals surface area (Å²) < 4.78 is 0. The van der Waals surface area contributed by atoms with E-state index in [0.29, 0.717) is 11.8 Å². The summed E-state index contributed by atoms with van der Waals surface area (Å²) in [5, 5.41) is 0. The molecule has 3 aliphatic rings. The second kappa shape index (κ2) is 3.97. The van der Waals surface area contributed by atoms with Gasteiger partial charge in [-0.05, 0) is 11.1 Å². The summed E-state index contributed by atoms with van der Waals surface area (Å²) in [5.74, 6) is 1.04. The van der Waals surface area contributed by atoms with Crippen LogP contribution in [0.2, 0.25) is 0 Å². The van der Waals surface area contributed by atoms with E-state index in [9.17, 15) is 0 Å². The molecule has 0 heterocycles. The minimum Gasteiger partial charge on any atom is -0.0767 e. The maximum Gasteiger partial charge on any atom is 0.0125 e. The molecule has 0 nitrogen and oxygen atoms in total. The van der Waals surface area contributed by atoms with E-state index in [2.05, 4.69) is 72.9 Å². The van der Waals surface area contributed by atoms with Gasteiger partial charge in [-0.1, -0.05) is 72.9 Å². The molecule has 0 N–H and O–H groups in total. The predicted molar refractivity (Wildman–Crippen MR) is 68.8 cm³/mol. The van der Waals surface area contributed by atoms with Gasteiger partial charge < -0.3 is 0 Å². The minimum atomic E-state index is 0.511.